The second kappa shape index (κ2) is 9.83. The summed E-state index contributed by atoms with van der Waals surface area (Å²) in [4.78, 5) is 14.8. The second-order valence-electron chi connectivity index (χ2n) is 7.34. The summed E-state index contributed by atoms with van der Waals surface area (Å²) in [6.45, 7) is 2.15. The Hall–Kier alpha value is -2.06. The van der Waals surface area contributed by atoms with Gasteiger partial charge in [0.05, 0.1) is 17.2 Å². The summed E-state index contributed by atoms with van der Waals surface area (Å²) in [6.07, 6.45) is 4.12. The first-order chi connectivity index (χ1) is 14.3. The molecular formula is C22H27BrN2O4S. The molecule has 6 nitrogen and oxygen atoms in total. The van der Waals surface area contributed by atoms with Crippen LogP contribution < -0.4 is 9.04 Å². The average Bonchev–Trinajstić information content (AvgIpc) is 3.27. The number of carbonyl (C=O) groups is 1. The molecule has 0 atom stereocenters. The third kappa shape index (κ3) is 5.16. The van der Waals surface area contributed by atoms with Crippen LogP contribution in [0.15, 0.2) is 57.9 Å². The van der Waals surface area contributed by atoms with Crippen LogP contribution in [-0.4, -0.2) is 45.5 Å². The number of hydrogen-bond donors (Lipinski definition) is 0. The molecule has 2 aromatic rings. The van der Waals surface area contributed by atoms with Crippen molar-refractivity contribution < 1.29 is 17.9 Å². The molecule has 1 fully saturated rings. The largest absolute Gasteiger partial charge is 0.494 e. The highest BCUT2D eigenvalue weighted by atomic mass is 79.9. The lowest BCUT2D eigenvalue weighted by Crippen LogP contribution is -2.44. The molecule has 0 unspecified atom stereocenters. The number of carbonyl (C=O) groups excluding carboxylic acids is 1. The van der Waals surface area contributed by atoms with E-state index < -0.39 is 10.0 Å². The molecule has 0 aliphatic heterocycles. The highest BCUT2D eigenvalue weighted by Crippen LogP contribution is 2.28. The Balaban J connectivity index is 1.93. The molecule has 1 aliphatic carbocycles. The maximum absolute atomic E-state index is 13.4. The zero-order valence-electron chi connectivity index (χ0n) is 17.3. The topological polar surface area (TPSA) is 66.9 Å². The Morgan fingerprint density at radius 3 is 2.23 bits per heavy atom. The van der Waals surface area contributed by atoms with Gasteiger partial charge in [0.15, 0.2) is 0 Å². The lowest BCUT2D eigenvalue weighted by molar-refractivity contribution is -0.130. The zero-order valence-corrected chi connectivity index (χ0v) is 19.7. The van der Waals surface area contributed by atoms with Gasteiger partial charge in [-0.15, -0.1) is 0 Å². The van der Waals surface area contributed by atoms with Gasteiger partial charge in [0, 0.05) is 17.6 Å². The SMILES string of the molecule is CCOc1ccc(N(CC(=O)N(C)C2CCCC2)S(=O)(=O)c2ccc(Br)cc2)cc1. The van der Waals surface area contributed by atoms with E-state index in [0.717, 1.165) is 30.2 Å². The monoisotopic (exact) mass is 494 g/mol. The van der Waals surface area contributed by atoms with Crippen molar-refractivity contribution in [3.63, 3.8) is 0 Å². The van der Waals surface area contributed by atoms with Gasteiger partial charge in [0.2, 0.25) is 5.91 Å². The molecule has 1 saturated carbocycles. The number of benzene rings is 2. The Morgan fingerprint density at radius 2 is 1.67 bits per heavy atom. The molecule has 0 bridgehead atoms. The first-order valence-electron chi connectivity index (χ1n) is 10.1. The minimum absolute atomic E-state index is 0.135. The maximum atomic E-state index is 13.4. The standard InChI is InChI=1S/C22H27BrN2O4S/c1-3-29-20-12-10-19(11-13-20)25(16-22(26)24(2)18-6-4-5-7-18)30(27,28)21-14-8-17(23)9-15-21/h8-15,18H,3-7,16H2,1-2H3. The Kier molecular flexibility index (Phi) is 7.41. The van der Waals surface area contributed by atoms with Crippen molar-refractivity contribution in [2.45, 2.75) is 43.5 Å². The third-order valence-corrected chi connectivity index (χ3v) is 7.70. The molecule has 0 saturated heterocycles. The van der Waals surface area contributed by atoms with Gasteiger partial charge in [-0.05, 0) is 68.3 Å². The van der Waals surface area contributed by atoms with Crippen LogP contribution in [0.5, 0.6) is 5.75 Å². The van der Waals surface area contributed by atoms with E-state index in [-0.39, 0.29) is 23.4 Å². The summed E-state index contributed by atoms with van der Waals surface area (Å²) in [5, 5.41) is 0. The number of likely N-dealkylation sites (N-methyl/N-ethyl adjacent to an activating group) is 1. The Morgan fingerprint density at radius 1 is 1.07 bits per heavy atom. The minimum atomic E-state index is -3.92. The number of nitrogens with zero attached hydrogens (tertiary/aromatic N) is 2. The van der Waals surface area contributed by atoms with Gasteiger partial charge in [0.1, 0.15) is 12.3 Å². The van der Waals surface area contributed by atoms with Crippen LogP contribution in [0, 0.1) is 0 Å². The van der Waals surface area contributed by atoms with Gasteiger partial charge in [-0.3, -0.25) is 9.10 Å². The average molecular weight is 495 g/mol. The van der Waals surface area contributed by atoms with E-state index in [9.17, 15) is 13.2 Å². The van der Waals surface area contributed by atoms with Crippen LogP contribution in [0.2, 0.25) is 0 Å². The predicted molar refractivity (Wildman–Crippen MR) is 121 cm³/mol. The fraction of sp³-hybridized carbons (Fsp3) is 0.409. The van der Waals surface area contributed by atoms with Crippen molar-refractivity contribution in [1.29, 1.82) is 0 Å². The summed E-state index contributed by atoms with van der Waals surface area (Å²) in [6, 6.07) is 13.4. The number of rotatable bonds is 8. The zero-order chi connectivity index (χ0) is 21.7. The molecule has 0 spiro atoms. The van der Waals surface area contributed by atoms with Crippen molar-refractivity contribution in [3.05, 3.63) is 53.0 Å². The van der Waals surface area contributed by atoms with Crippen molar-refractivity contribution in [3.8, 4) is 5.75 Å². The molecule has 162 valence electrons. The van der Waals surface area contributed by atoms with Crippen LogP contribution in [0.4, 0.5) is 5.69 Å². The summed E-state index contributed by atoms with van der Waals surface area (Å²) in [5.41, 5.74) is 0.426. The molecule has 8 heteroatoms. The Bertz CT molecular complexity index is 956. The quantitative estimate of drug-likeness (QED) is 0.543. The number of ether oxygens (including phenoxy) is 1. The van der Waals surface area contributed by atoms with Crippen LogP contribution in [0.1, 0.15) is 32.6 Å². The molecular weight excluding hydrogens is 468 g/mol. The van der Waals surface area contributed by atoms with Crippen LogP contribution >= 0.6 is 15.9 Å². The normalized spacial score (nSPS) is 14.5. The molecule has 1 amide bonds. The van der Waals surface area contributed by atoms with Crippen molar-refractivity contribution >= 4 is 37.5 Å². The van der Waals surface area contributed by atoms with E-state index >= 15 is 0 Å². The van der Waals surface area contributed by atoms with E-state index in [0.29, 0.717) is 18.0 Å². The number of halogens is 1. The maximum Gasteiger partial charge on any atom is 0.264 e. The third-order valence-electron chi connectivity index (χ3n) is 5.38. The first kappa shape index (κ1) is 22.6. The summed E-state index contributed by atoms with van der Waals surface area (Å²) < 4.78 is 34.3. The van der Waals surface area contributed by atoms with E-state index in [2.05, 4.69) is 15.9 Å². The highest BCUT2D eigenvalue weighted by molar-refractivity contribution is 9.10. The second-order valence-corrected chi connectivity index (χ2v) is 10.1. The number of sulfonamides is 1. The molecule has 0 N–H and O–H groups in total. The van der Waals surface area contributed by atoms with Crippen molar-refractivity contribution in [2.24, 2.45) is 0 Å². The predicted octanol–water partition coefficient (Wildman–Crippen LogP) is 4.44. The fourth-order valence-corrected chi connectivity index (χ4v) is 5.33. The van der Waals surface area contributed by atoms with Gasteiger partial charge in [-0.2, -0.15) is 0 Å². The van der Waals surface area contributed by atoms with Gasteiger partial charge in [-0.25, -0.2) is 8.42 Å². The van der Waals surface area contributed by atoms with Crippen LogP contribution in [0.3, 0.4) is 0 Å². The number of anilines is 1. The highest BCUT2D eigenvalue weighted by Gasteiger charge is 2.30. The molecule has 0 heterocycles. The summed E-state index contributed by atoms with van der Waals surface area (Å²) in [5.74, 6) is 0.438. The van der Waals surface area contributed by atoms with Crippen molar-refractivity contribution in [1.82, 2.24) is 4.90 Å². The Labute approximate surface area is 187 Å². The smallest absolute Gasteiger partial charge is 0.264 e. The minimum Gasteiger partial charge on any atom is -0.494 e. The van der Waals surface area contributed by atoms with Crippen LogP contribution in [0.25, 0.3) is 0 Å². The molecule has 30 heavy (non-hydrogen) atoms. The van der Waals surface area contributed by atoms with E-state index in [1.54, 1.807) is 48.3 Å². The lowest BCUT2D eigenvalue weighted by atomic mass is 10.2. The van der Waals surface area contributed by atoms with E-state index in [1.807, 2.05) is 6.92 Å². The molecule has 1 aliphatic rings. The van der Waals surface area contributed by atoms with E-state index in [1.165, 1.54) is 16.4 Å². The number of amides is 1. The van der Waals surface area contributed by atoms with Crippen molar-refractivity contribution in [2.75, 3.05) is 24.5 Å². The number of hydrogen-bond acceptors (Lipinski definition) is 4. The van der Waals surface area contributed by atoms with E-state index in [4.69, 9.17) is 4.74 Å². The summed E-state index contributed by atoms with van der Waals surface area (Å²) in [7, 11) is -2.16. The molecule has 0 radical (unpaired) electrons. The van der Waals surface area contributed by atoms with Crippen LogP contribution in [-0.2, 0) is 14.8 Å². The van der Waals surface area contributed by atoms with Gasteiger partial charge < -0.3 is 9.64 Å². The first-order valence-corrected chi connectivity index (χ1v) is 12.3. The van der Waals surface area contributed by atoms with Gasteiger partial charge in [-0.1, -0.05) is 28.8 Å². The fourth-order valence-electron chi connectivity index (χ4n) is 3.65. The van der Waals surface area contributed by atoms with Gasteiger partial charge in [0.25, 0.3) is 10.0 Å². The summed E-state index contributed by atoms with van der Waals surface area (Å²) >= 11 is 3.33. The molecule has 3 rings (SSSR count). The van der Waals surface area contributed by atoms with Gasteiger partial charge >= 0.3 is 0 Å². The lowest BCUT2D eigenvalue weighted by Gasteiger charge is -2.29. The molecule has 0 aromatic heterocycles. The molecule has 2 aromatic carbocycles.